The van der Waals surface area contributed by atoms with Crippen LogP contribution in [0.4, 0.5) is 5.69 Å². The molecule has 1 atom stereocenters. The Hall–Kier alpha value is -2.64. The van der Waals surface area contributed by atoms with Crippen LogP contribution in [0.1, 0.15) is 21.8 Å². The number of nitro benzene ring substituents is 1. The summed E-state index contributed by atoms with van der Waals surface area (Å²) in [7, 11) is 1.22. The number of esters is 1. The van der Waals surface area contributed by atoms with Gasteiger partial charge in [-0.05, 0) is 23.8 Å². The normalized spacial score (nSPS) is 11.5. The van der Waals surface area contributed by atoms with Gasteiger partial charge in [-0.15, -0.1) is 0 Å². The lowest BCUT2D eigenvalue weighted by atomic mass is 9.98. The highest BCUT2D eigenvalue weighted by atomic mass is 35.5. The van der Waals surface area contributed by atoms with Crippen molar-refractivity contribution in [3.63, 3.8) is 0 Å². The fourth-order valence-electron chi connectivity index (χ4n) is 2.27. The van der Waals surface area contributed by atoms with Gasteiger partial charge in [0, 0.05) is 23.7 Å². The van der Waals surface area contributed by atoms with Crippen molar-refractivity contribution in [3.05, 3.63) is 73.8 Å². The van der Waals surface area contributed by atoms with Crippen LogP contribution < -0.4 is 5.32 Å². The maximum absolute atomic E-state index is 12.3. The smallest absolute Gasteiger partial charge is 0.314 e. The molecule has 0 aromatic heterocycles. The summed E-state index contributed by atoms with van der Waals surface area (Å²) in [6, 6.07) is 9.89. The number of methoxy groups -OCH3 is 1. The van der Waals surface area contributed by atoms with Crippen molar-refractivity contribution in [1.29, 1.82) is 0 Å². The molecule has 9 heteroatoms. The van der Waals surface area contributed by atoms with Crippen LogP contribution >= 0.6 is 23.2 Å². The highest BCUT2D eigenvalue weighted by Crippen LogP contribution is 2.23. The minimum atomic E-state index is -0.823. The van der Waals surface area contributed by atoms with E-state index in [9.17, 15) is 19.7 Å². The van der Waals surface area contributed by atoms with E-state index in [1.54, 1.807) is 0 Å². The molecule has 0 aliphatic rings. The fraction of sp³-hybridized carbons (Fsp3) is 0.176. The monoisotopic (exact) mass is 396 g/mol. The maximum Gasteiger partial charge on any atom is 0.314 e. The number of carbonyl (C=O) groups excluding carboxylic acids is 2. The molecule has 26 heavy (non-hydrogen) atoms. The number of hydrogen-bond acceptors (Lipinski definition) is 5. The molecule has 0 saturated heterocycles. The van der Waals surface area contributed by atoms with Gasteiger partial charge >= 0.3 is 5.97 Å². The van der Waals surface area contributed by atoms with Crippen molar-refractivity contribution in [2.75, 3.05) is 13.7 Å². The molecule has 0 saturated carbocycles. The fourth-order valence-corrected chi connectivity index (χ4v) is 2.77. The molecule has 0 radical (unpaired) electrons. The Bertz CT molecular complexity index is 840. The van der Waals surface area contributed by atoms with E-state index in [-0.39, 0.29) is 22.8 Å². The number of non-ortho nitro benzene ring substituents is 1. The quantitative estimate of drug-likeness (QED) is 0.456. The van der Waals surface area contributed by atoms with Gasteiger partial charge in [0.15, 0.2) is 0 Å². The Balaban J connectivity index is 2.16. The van der Waals surface area contributed by atoms with E-state index in [4.69, 9.17) is 27.9 Å². The first-order chi connectivity index (χ1) is 12.3. The van der Waals surface area contributed by atoms with Crippen LogP contribution in [0.25, 0.3) is 0 Å². The molecular formula is C17H14Cl2N2O5. The molecule has 0 aliphatic carbocycles. The van der Waals surface area contributed by atoms with E-state index in [0.717, 1.165) is 0 Å². The number of amides is 1. The first-order valence-electron chi connectivity index (χ1n) is 7.39. The standard InChI is InChI=1S/C17H14Cl2N2O5/c1-26-17(23)14(10-2-5-12(6-3-10)21(24)25)9-20-16(22)13-7-4-11(18)8-15(13)19/h2-8,14H,9H2,1H3,(H,20,22). The number of hydrogen-bond donors (Lipinski definition) is 1. The zero-order chi connectivity index (χ0) is 19.3. The minimum Gasteiger partial charge on any atom is -0.468 e. The summed E-state index contributed by atoms with van der Waals surface area (Å²) in [5, 5.41) is 13.9. The first-order valence-corrected chi connectivity index (χ1v) is 8.14. The van der Waals surface area contributed by atoms with Gasteiger partial charge in [-0.2, -0.15) is 0 Å². The highest BCUT2D eigenvalue weighted by Gasteiger charge is 2.23. The van der Waals surface area contributed by atoms with Crippen molar-refractivity contribution in [2.24, 2.45) is 0 Å². The predicted octanol–water partition coefficient (Wildman–Crippen LogP) is 3.59. The number of halogens is 2. The van der Waals surface area contributed by atoms with E-state index >= 15 is 0 Å². The number of nitrogens with zero attached hydrogens (tertiary/aromatic N) is 1. The molecule has 136 valence electrons. The summed E-state index contributed by atoms with van der Waals surface area (Å²) >= 11 is 11.8. The lowest BCUT2D eigenvalue weighted by molar-refractivity contribution is -0.384. The number of nitro groups is 1. The first kappa shape index (κ1) is 19.7. The molecule has 2 rings (SSSR count). The van der Waals surface area contributed by atoms with Gasteiger partial charge in [0.25, 0.3) is 11.6 Å². The van der Waals surface area contributed by atoms with E-state index in [2.05, 4.69) is 5.32 Å². The van der Waals surface area contributed by atoms with Crippen molar-refractivity contribution in [2.45, 2.75) is 5.92 Å². The largest absolute Gasteiger partial charge is 0.468 e. The summed E-state index contributed by atoms with van der Waals surface area (Å²) in [6.45, 7) is -0.0672. The average Bonchev–Trinajstić information content (AvgIpc) is 2.61. The Kier molecular flexibility index (Phi) is 6.54. The van der Waals surface area contributed by atoms with Gasteiger partial charge in [-0.3, -0.25) is 19.7 Å². The van der Waals surface area contributed by atoms with Crippen LogP contribution in [0.15, 0.2) is 42.5 Å². The summed E-state index contributed by atoms with van der Waals surface area (Å²) in [4.78, 5) is 34.5. The van der Waals surface area contributed by atoms with Crippen LogP contribution in [0.5, 0.6) is 0 Å². The van der Waals surface area contributed by atoms with Crippen LogP contribution in [0.2, 0.25) is 10.0 Å². The zero-order valence-corrected chi connectivity index (χ0v) is 15.1. The van der Waals surface area contributed by atoms with Gasteiger partial charge in [0.2, 0.25) is 0 Å². The third-order valence-corrected chi connectivity index (χ3v) is 4.18. The van der Waals surface area contributed by atoms with Crippen LogP contribution in [0, 0.1) is 10.1 Å². The molecule has 0 fully saturated rings. The van der Waals surface area contributed by atoms with Gasteiger partial charge in [0.1, 0.15) is 0 Å². The molecule has 1 N–H and O–H groups in total. The summed E-state index contributed by atoms with van der Waals surface area (Å²) in [5.74, 6) is -1.89. The lowest BCUT2D eigenvalue weighted by Crippen LogP contribution is -2.32. The molecule has 2 aromatic carbocycles. The summed E-state index contributed by atoms with van der Waals surface area (Å²) in [5.41, 5.74) is 0.586. The Morgan fingerprint density at radius 3 is 2.38 bits per heavy atom. The zero-order valence-electron chi connectivity index (χ0n) is 13.6. The number of carbonyl (C=O) groups is 2. The minimum absolute atomic E-state index is 0.0672. The second kappa shape index (κ2) is 8.64. The Morgan fingerprint density at radius 1 is 1.19 bits per heavy atom. The van der Waals surface area contributed by atoms with Crippen LogP contribution in [0.3, 0.4) is 0 Å². The molecule has 1 amide bonds. The van der Waals surface area contributed by atoms with Gasteiger partial charge in [-0.25, -0.2) is 0 Å². The average molecular weight is 397 g/mol. The summed E-state index contributed by atoms with van der Waals surface area (Å²) < 4.78 is 4.75. The van der Waals surface area contributed by atoms with E-state index < -0.39 is 22.7 Å². The SMILES string of the molecule is COC(=O)C(CNC(=O)c1ccc(Cl)cc1Cl)c1ccc([N+](=O)[O-])cc1. The molecule has 0 bridgehead atoms. The van der Waals surface area contributed by atoms with Crippen molar-refractivity contribution < 1.29 is 19.2 Å². The van der Waals surface area contributed by atoms with E-state index in [1.165, 1.54) is 49.6 Å². The number of ether oxygens (including phenoxy) is 1. The topological polar surface area (TPSA) is 98.5 Å². The van der Waals surface area contributed by atoms with Crippen LogP contribution in [-0.4, -0.2) is 30.5 Å². The van der Waals surface area contributed by atoms with Gasteiger partial charge in [0.05, 0.1) is 28.5 Å². The Morgan fingerprint density at radius 2 is 1.85 bits per heavy atom. The number of nitrogens with one attached hydrogen (secondary N) is 1. The molecule has 0 heterocycles. The van der Waals surface area contributed by atoms with Crippen molar-refractivity contribution in [1.82, 2.24) is 5.32 Å². The molecule has 0 aliphatic heterocycles. The molecule has 7 nitrogen and oxygen atoms in total. The van der Waals surface area contributed by atoms with Gasteiger partial charge in [-0.1, -0.05) is 35.3 Å². The third-order valence-electron chi connectivity index (χ3n) is 3.63. The third kappa shape index (κ3) is 4.71. The van der Waals surface area contributed by atoms with E-state index in [1.807, 2.05) is 0 Å². The summed E-state index contributed by atoms with van der Waals surface area (Å²) in [6.07, 6.45) is 0. The van der Waals surface area contributed by atoms with Crippen molar-refractivity contribution in [3.8, 4) is 0 Å². The second-order valence-electron chi connectivity index (χ2n) is 5.26. The lowest BCUT2D eigenvalue weighted by Gasteiger charge is -2.16. The molecule has 1 unspecified atom stereocenters. The van der Waals surface area contributed by atoms with Crippen LogP contribution in [-0.2, 0) is 9.53 Å². The second-order valence-corrected chi connectivity index (χ2v) is 6.10. The number of benzene rings is 2. The molecule has 2 aromatic rings. The van der Waals surface area contributed by atoms with Gasteiger partial charge < -0.3 is 10.1 Å². The highest BCUT2D eigenvalue weighted by molar-refractivity contribution is 6.36. The molecular weight excluding hydrogens is 383 g/mol. The number of rotatable bonds is 6. The van der Waals surface area contributed by atoms with E-state index in [0.29, 0.717) is 10.6 Å². The molecule has 0 spiro atoms. The predicted molar refractivity (Wildman–Crippen MR) is 96.6 cm³/mol. The Labute approximate surface area is 159 Å². The van der Waals surface area contributed by atoms with Crippen molar-refractivity contribution >= 4 is 40.8 Å². The maximum atomic E-state index is 12.3.